The van der Waals surface area contributed by atoms with E-state index in [0.717, 1.165) is 22.8 Å². The van der Waals surface area contributed by atoms with Gasteiger partial charge in [0.15, 0.2) is 0 Å². The first-order chi connectivity index (χ1) is 12.3. The maximum atomic E-state index is 5.97. The number of benzene rings is 3. The van der Waals surface area contributed by atoms with Crippen molar-refractivity contribution in [2.45, 2.75) is 6.92 Å². The zero-order valence-electron chi connectivity index (χ0n) is 14.0. The lowest BCUT2D eigenvalue weighted by atomic mass is 10.3. The molecule has 0 radical (unpaired) electrons. The van der Waals surface area contributed by atoms with Gasteiger partial charge in [0, 0.05) is 5.57 Å². The van der Waals surface area contributed by atoms with E-state index in [1.807, 2.05) is 97.9 Å². The lowest BCUT2D eigenvalue weighted by Gasteiger charge is -2.10. The predicted octanol–water partition coefficient (Wildman–Crippen LogP) is 5.78. The van der Waals surface area contributed by atoms with Crippen molar-refractivity contribution in [1.29, 1.82) is 0 Å². The van der Waals surface area contributed by atoms with Crippen molar-refractivity contribution in [2.24, 2.45) is 4.99 Å². The minimum absolute atomic E-state index is 0.494. The van der Waals surface area contributed by atoms with Crippen molar-refractivity contribution < 1.29 is 9.47 Å². The molecule has 0 saturated carbocycles. The summed E-state index contributed by atoms with van der Waals surface area (Å²) < 4.78 is 11.7. The second kappa shape index (κ2) is 8.50. The van der Waals surface area contributed by atoms with Crippen LogP contribution in [0.25, 0.3) is 0 Å². The molecular formula is C22H19NO2. The molecule has 0 saturated heterocycles. The lowest BCUT2D eigenvalue weighted by Crippen LogP contribution is -2.10. The molecule has 0 fully saturated rings. The highest BCUT2D eigenvalue weighted by Gasteiger charge is 2.07. The third-order valence-corrected chi connectivity index (χ3v) is 3.40. The van der Waals surface area contributed by atoms with Gasteiger partial charge in [-0.2, -0.15) is 0 Å². The highest BCUT2D eigenvalue weighted by Crippen LogP contribution is 2.18. The summed E-state index contributed by atoms with van der Waals surface area (Å²) in [7, 11) is 0. The van der Waals surface area contributed by atoms with Crippen molar-refractivity contribution in [3.05, 3.63) is 103 Å². The molecule has 3 heteroatoms. The van der Waals surface area contributed by atoms with Crippen LogP contribution in [-0.2, 0) is 0 Å². The smallest absolute Gasteiger partial charge is 0.225 e. The van der Waals surface area contributed by atoms with Gasteiger partial charge in [-0.25, -0.2) is 4.99 Å². The van der Waals surface area contributed by atoms with Crippen LogP contribution < -0.4 is 9.47 Å². The van der Waals surface area contributed by atoms with Crippen molar-refractivity contribution >= 4 is 11.6 Å². The summed E-state index contributed by atoms with van der Waals surface area (Å²) in [6, 6.07) is 28.9. The number of hydrogen-bond acceptors (Lipinski definition) is 3. The zero-order valence-corrected chi connectivity index (χ0v) is 14.0. The Balaban J connectivity index is 1.86. The summed E-state index contributed by atoms with van der Waals surface area (Å²) in [5.41, 5.74) is 1.61. The van der Waals surface area contributed by atoms with E-state index < -0.39 is 0 Å². The Bertz CT molecular complexity index is 841. The molecule has 124 valence electrons. The predicted molar refractivity (Wildman–Crippen MR) is 101 cm³/mol. The lowest BCUT2D eigenvalue weighted by molar-refractivity contribution is 0.473. The van der Waals surface area contributed by atoms with Gasteiger partial charge in [-0.05, 0) is 43.3 Å². The van der Waals surface area contributed by atoms with Crippen molar-refractivity contribution in [2.75, 3.05) is 0 Å². The number of nitrogens with zero attached hydrogens (tertiary/aromatic N) is 1. The fourth-order valence-electron chi connectivity index (χ4n) is 2.12. The number of rotatable bonds is 5. The first kappa shape index (κ1) is 16.5. The highest BCUT2D eigenvalue weighted by molar-refractivity contribution is 5.96. The van der Waals surface area contributed by atoms with Crippen LogP contribution in [0.5, 0.6) is 11.5 Å². The third-order valence-electron chi connectivity index (χ3n) is 3.40. The molecule has 0 atom stereocenters. The van der Waals surface area contributed by atoms with Crippen LogP contribution in [0.1, 0.15) is 6.92 Å². The molecule has 0 amide bonds. The van der Waals surface area contributed by atoms with Crippen LogP contribution in [0.2, 0.25) is 0 Å². The molecule has 0 aromatic heterocycles. The van der Waals surface area contributed by atoms with Crippen LogP contribution in [0, 0.1) is 0 Å². The van der Waals surface area contributed by atoms with Gasteiger partial charge in [0.25, 0.3) is 0 Å². The second-order valence-corrected chi connectivity index (χ2v) is 5.40. The van der Waals surface area contributed by atoms with Gasteiger partial charge < -0.3 is 9.47 Å². The minimum Gasteiger partial charge on any atom is -0.465 e. The minimum atomic E-state index is 0.494. The molecule has 3 aromatic carbocycles. The van der Waals surface area contributed by atoms with E-state index in [-0.39, 0.29) is 0 Å². The van der Waals surface area contributed by atoms with E-state index >= 15 is 0 Å². The standard InChI is InChI=1S/C22H19NO2/c1-18(17-24-20-13-7-3-8-14-20)22(23-19-11-5-2-6-12-19)25-21-15-9-4-10-16-21/h2-17H,1H3/b18-17+,23-22-. The third kappa shape index (κ3) is 5.08. The molecule has 0 unspecified atom stereocenters. The van der Waals surface area contributed by atoms with Crippen molar-refractivity contribution in [3.8, 4) is 11.5 Å². The van der Waals surface area contributed by atoms with E-state index in [4.69, 9.17) is 9.47 Å². The number of para-hydroxylation sites is 3. The first-order valence-corrected chi connectivity index (χ1v) is 8.07. The maximum Gasteiger partial charge on any atom is 0.225 e. The molecule has 0 bridgehead atoms. The molecule has 0 spiro atoms. The van der Waals surface area contributed by atoms with Gasteiger partial charge >= 0.3 is 0 Å². The number of hydrogen-bond donors (Lipinski definition) is 0. The number of aliphatic imine (C=N–C) groups is 1. The highest BCUT2D eigenvalue weighted by atomic mass is 16.5. The van der Waals surface area contributed by atoms with E-state index in [9.17, 15) is 0 Å². The summed E-state index contributed by atoms with van der Waals surface area (Å²) in [5.74, 6) is 1.98. The fraction of sp³-hybridized carbons (Fsp3) is 0.0455. The van der Waals surface area contributed by atoms with Crippen molar-refractivity contribution in [3.63, 3.8) is 0 Å². The largest absolute Gasteiger partial charge is 0.465 e. The molecule has 0 heterocycles. The first-order valence-electron chi connectivity index (χ1n) is 8.07. The molecule has 3 nitrogen and oxygen atoms in total. The van der Waals surface area contributed by atoms with Gasteiger partial charge in [-0.1, -0.05) is 54.6 Å². The molecule has 0 aliphatic carbocycles. The molecule has 0 aliphatic rings. The summed E-state index contributed by atoms with van der Waals surface area (Å²) in [4.78, 5) is 4.61. The average Bonchev–Trinajstić information content (AvgIpc) is 2.68. The monoisotopic (exact) mass is 329 g/mol. The van der Waals surface area contributed by atoms with E-state index in [2.05, 4.69) is 4.99 Å². The summed E-state index contributed by atoms with van der Waals surface area (Å²) >= 11 is 0. The van der Waals surface area contributed by atoms with Gasteiger partial charge in [0.1, 0.15) is 11.5 Å². The Kier molecular flexibility index (Phi) is 5.62. The van der Waals surface area contributed by atoms with Gasteiger partial charge in [-0.15, -0.1) is 0 Å². The Labute approximate surface area is 147 Å². The molecular weight excluding hydrogens is 310 g/mol. The normalized spacial score (nSPS) is 11.9. The van der Waals surface area contributed by atoms with Crippen LogP contribution >= 0.6 is 0 Å². The summed E-state index contributed by atoms with van der Waals surface area (Å²) in [6.07, 6.45) is 1.65. The molecule has 25 heavy (non-hydrogen) atoms. The Morgan fingerprint density at radius 3 is 1.84 bits per heavy atom. The SMILES string of the molecule is CC(=C\Oc1ccccc1)/C(=N/c1ccccc1)Oc1ccccc1. The molecule has 0 N–H and O–H groups in total. The Hall–Kier alpha value is -3.33. The van der Waals surface area contributed by atoms with Gasteiger partial charge in [0.05, 0.1) is 11.9 Å². The van der Waals surface area contributed by atoms with Crippen LogP contribution in [-0.4, -0.2) is 5.90 Å². The van der Waals surface area contributed by atoms with E-state index in [0.29, 0.717) is 5.90 Å². The van der Waals surface area contributed by atoms with Crippen LogP contribution in [0.15, 0.2) is 108 Å². The molecule has 3 aromatic rings. The zero-order chi connectivity index (χ0) is 17.3. The van der Waals surface area contributed by atoms with Crippen LogP contribution in [0.3, 0.4) is 0 Å². The van der Waals surface area contributed by atoms with Gasteiger partial charge in [0.2, 0.25) is 5.90 Å². The van der Waals surface area contributed by atoms with Gasteiger partial charge in [-0.3, -0.25) is 0 Å². The topological polar surface area (TPSA) is 30.8 Å². The molecule has 3 rings (SSSR count). The summed E-state index contributed by atoms with van der Waals surface area (Å²) in [5, 5.41) is 0. The quantitative estimate of drug-likeness (QED) is 0.337. The van der Waals surface area contributed by atoms with E-state index in [1.165, 1.54) is 0 Å². The van der Waals surface area contributed by atoms with E-state index in [1.54, 1.807) is 6.26 Å². The maximum absolute atomic E-state index is 5.97. The fourth-order valence-corrected chi connectivity index (χ4v) is 2.12. The van der Waals surface area contributed by atoms with Crippen molar-refractivity contribution in [1.82, 2.24) is 0 Å². The Morgan fingerprint density at radius 1 is 0.720 bits per heavy atom. The number of ether oxygens (including phenoxy) is 2. The second-order valence-electron chi connectivity index (χ2n) is 5.40. The molecule has 0 aliphatic heterocycles. The van der Waals surface area contributed by atoms with Crippen LogP contribution in [0.4, 0.5) is 5.69 Å². The average molecular weight is 329 g/mol. The summed E-state index contributed by atoms with van der Waals surface area (Å²) in [6.45, 7) is 1.91. The Morgan fingerprint density at radius 2 is 1.24 bits per heavy atom.